The van der Waals surface area contributed by atoms with Crippen molar-refractivity contribution in [1.29, 1.82) is 5.26 Å². The van der Waals surface area contributed by atoms with Gasteiger partial charge in [0.2, 0.25) is 0 Å². The van der Waals surface area contributed by atoms with E-state index in [4.69, 9.17) is 8.83 Å². The Morgan fingerprint density at radius 2 is 1.04 bits per heavy atom. The summed E-state index contributed by atoms with van der Waals surface area (Å²) < 4.78 is 12.2. The second kappa shape index (κ2) is 17.2. The normalized spacial score (nSPS) is 12.4. The van der Waals surface area contributed by atoms with Crippen LogP contribution < -0.4 is 4.90 Å². The molecule has 0 saturated heterocycles. The minimum absolute atomic E-state index is 0.171. The van der Waals surface area contributed by atoms with Gasteiger partial charge in [0.1, 0.15) is 22.3 Å². The molecule has 328 valence electrons. The zero-order chi connectivity index (χ0) is 46.6. The van der Waals surface area contributed by atoms with Crippen molar-refractivity contribution in [3.8, 4) is 17.2 Å². The van der Waals surface area contributed by atoms with Crippen molar-refractivity contribution in [3.63, 3.8) is 0 Å². The highest BCUT2D eigenvalue weighted by Crippen LogP contribution is 2.55. The molecule has 4 heteroatoms. The van der Waals surface area contributed by atoms with Crippen LogP contribution in [0.15, 0.2) is 185 Å². The number of nitrogens with zero attached hydrogens (tertiary/aromatic N) is 2. The van der Waals surface area contributed by atoms with Crippen molar-refractivity contribution < 1.29 is 8.83 Å². The van der Waals surface area contributed by atoms with E-state index in [2.05, 4.69) is 193 Å². The first-order chi connectivity index (χ1) is 32.4. The van der Waals surface area contributed by atoms with Crippen LogP contribution in [0.2, 0.25) is 0 Å². The lowest BCUT2D eigenvalue weighted by Crippen LogP contribution is -2.17. The van der Waals surface area contributed by atoms with Crippen LogP contribution >= 0.6 is 0 Å². The summed E-state index contributed by atoms with van der Waals surface area (Å²) in [5, 5.41) is 16.8. The molecule has 0 radical (unpaired) electrons. The average Bonchev–Trinajstić information content (AvgIpc) is 3.98. The first-order valence-electron chi connectivity index (χ1n) is 23.2. The van der Waals surface area contributed by atoms with Crippen molar-refractivity contribution in [3.05, 3.63) is 220 Å². The minimum Gasteiger partial charge on any atom is -0.456 e. The van der Waals surface area contributed by atoms with Gasteiger partial charge in [-0.3, -0.25) is 0 Å². The summed E-state index contributed by atoms with van der Waals surface area (Å²) in [6.45, 7) is 17.5. The average molecular weight is 871 g/mol. The number of hydrogen-bond donors (Lipinski definition) is 0. The Hall–Kier alpha value is -7.87. The van der Waals surface area contributed by atoms with Crippen molar-refractivity contribution in [2.45, 2.75) is 66.7 Å². The molecule has 2 heterocycles. The van der Waals surface area contributed by atoms with Gasteiger partial charge in [0, 0.05) is 32.6 Å². The summed E-state index contributed by atoms with van der Waals surface area (Å²) in [4.78, 5) is 2.37. The van der Waals surface area contributed by atoms with Crippen LogP contribution in [0.5, 0.6) is 0 Å². The quantitative estimate of drug-likeness (QED) is 0.177. The van der Waals surface area contributed by atoms with Crippen molar-refractivity contribution in [1.82, 2.24) is 0 Å². The number of fused-ring (bicyclic) bond motifs is 11. The number of rotatable bonds is 4. The molecule has 0 fully saturated rings. The fourth-order valence-electron chi connectivity index (χ4n) is 10.0. The molecule has 0 amide bonds. The van der Waals surface area contributed by atoms with Gasteiger partial charge in [-0.15, -0.1) is 0 Å². The number of hydrogen-bond acceptors (Lipinski definition) is 4. The maximum Gasteiger partial charge on any atom is 0.137 e. The number of para-hydroxylation sites is 2. The molecule has 1 aliphatic rings. The van der Waals surface area contributed by atoms with Crippen LogP contribution in [0.3, 0.4) is 0 Å². The van der Waals surface area contributed by atoms with Crippen molar-refractivity contribution >= 4 is 71.7 Å². The van der Waals surface area contributed by atoms with E-state index in [0.29, 0.717) is 11.5 Å². The molecule has 0 saturated carbocycles. The summed E-state index contributed by atoms with van der Waals surface area (Å²) in [6.07, 6.45) is 0. The number of benzene rings is 9. The van der Waals surface area contributed by atoms with E-state index in [0.717, 1.165) is 55.7 Å². The maximum absolute atomic E-state index is 9.75. The molecular weight excluding hydrogens is 817 g/mol. The van der Waals surface area contributed by atoms with E-state index in [1.54, 1.807) is 0 Å². The monoisotopic (exact) mass is 870 g/mol. The minimum atomic E-state index is -0.171. The molecule has 4 nitrogen and oxygen atoms in total. The van der Waals surface area contributed by atoms with Gasteiger partial charge in [-0.05, 0) is 127 Å². The lowest BCUT2D eigenvalue weighted by atomic mass is 9.81. The van der Waals surface area contributed by atoms with Gasteiger partial charge >= 0.3 is 0 Å². The van der Waals surface area contributed by atoms with Crippen LogP contribution in [0.1, 0.15) is 78.1 Å². The Morgan fingerprint density at radius 3 is 1.67 bits per heavy atom. The Balaban J connectivity index is 0.000000178. The molecule has 0 N–H and O–H groups in total. The SMILES string of the molecule is CC(C)c1cccc2oc3ccccc3c12.Cc1ccc(C)cc1.Cc1ccc2c(c1)C(C)(C)c1cc(N(c3ccc(C#N)c(C)c3)c3cccc4oc5ccccc5c34)c3ccccc3c1-2. The van der Waals surface area contributed by atoms with Crippen molar-refractivity contribution in [2.24, 2.45) is 0 Å². The highest BCUT2D eigenvalue weighted by molar-refractivity contribution is 6.16. The molecule has 0 bridgehead atoms. The first-order valence-corrected chi connectivity index (χ1v) is 23.2. The van der Waals surface area contributed by atoms with Gasteiger partial charge in [0.15, 0.2) is 0 Å². The molecule has 67 heavy (non-hydrogen) atoms. The fourth-order valence-corrected chi connectivity index (χ4v) is 10.0. The van der Waals surface area contributed by atoms with E-state index < -0.39 is 0 Å². The van der Waals surface area contributed by atoms with E-state index in [9.17, 15) is 5.26 Å². The smallest absolute Gasteiger partial charge is 0.137 e. The molecule has 11 aromatic rings. The third-order valence-electron chi connectivity index (χ3n) is 13.5. The predicted octanol–water partition coefficient (Wildman–Crippen LogP) is 18.0. The van der Waals surface area contributed by atoms with Gasteiger partial charge in [0.05, 0.1) is 28.4 Å². The lowest BCUT2D eigenvalue weighted by Gasteiger charge is -2.30. The zero-order valence-corrected chi connectivity index (χ0v) is 39.5. The summed E-state index contributed by atoms with van der Waals surface area (Å²) in [7, 11) is 0. The highest BCUT2D eigenvalue weighted by atomic mass is 16.3. The third-order valence-corrected chi connectivity index (χ3v) is 13.5. The summed E-state index contributed by atoms with van der Waals surface area (Å²) in [5.74, 6) is 0.518. The summed E-state index contributed by atoms with van der Waals surface area (Å²) in [5.41, 5.74) is 18.9. The number of aryl methyl sites for hydroxylation is 4. The molecule has 9 aromatic carbocycles. The van der Waals surface area contributed by atoms with Crippen LogP contribution in [0.25, 0.3) is 65.8 Å². The molecule has 0 aliphatic heterocycles. The first kappa shape index (κ1) is 43.0. The lowest BCUT2D eigenvalue weighted by molar-refractivity contribution is 0.660. The molecule has 12 rings (SSSR count). The van der Waals surface area contributed by atoms with Crippen LogP contribution in [-0.2, 0) is 5.41 Å². The molecule has 0 atom stereocenters. The van der Waals surface area contributed by atoms with Crippen molar-refractivity contribution in [2.75, 3.05) is 4.90 Å². The second-order valence-corrected chi connectivity index (χ2v) is 18.9. The van der Waals surface area contributed by atoms with Crippen LogP contribution in [-0.4, -0.2) is 0 Å². The number of anilines is 3. The zero-order valence-electron chi connectivity index (χ0n) is 39.5. The Labute approximate surface area is 393 Å². The van der Waals surface area contributed by atoms with E-state index >= 15 is 0 Å². The molecule has 2 aromatic heterocycles. The summed E-state index contributed by atoms with van der Waals surface area (Å²) >= 11 is 0. The maximum atomic E-state index is 9.75. The topological polar surface area (TPSA) is 53.3 Å². The molecular formula is C63H54N2O2. The van der Waals surface area contributed by atoms with Gasteiger partial charge in [-0.1, -0.05) is 166 Å². The van der Waals surface area contributed by atoms with Gasteiger partial charge in [-0.25, -0.2) is 0 Å². The third kappa shape index (κ3) is 7.61. The Bertz CT molecular complexity index is 3690. The summed E-state index contributed by atoms with van der Waals surface area (Å²) in [6, 6.07) is 64.1. The van der Waals surface area contributed by atoms with Crippen LogP contribution in [0, 0.1) is 39.0 Å². The van der Waals surface area contributed by atoms with Gasteiger partial charge < -0.3 is 13.7 Å². The Kier molecular flexibility index (Phi) is 11.0. The largest absolute Gasteiger partial charge is 0.456 e. The highest BCUT2D eigenvalue weighted by Gasteiger charge is 2.38. The van der Waals surface area contributed by atoms with Gasteiger partial charge in [0.25, 0.3) is 0 Å². The van der Waals surface area contributed by atoms with E-state index in [-0.39, 0.29) is 5.41 Å². The number of furan rings is 2. The molecule has 0 unspecified atom stereocenters. The predicted molar refractivity (Wildman–Crippen MR) is 281 cm³/mol. The fraction of sp³-hybridized carbons (Fsp3) is 0.159. The van der Waals surface area contributed by atoms with Crippen LogP contribution in [0.4, 0.5) is 17.1 Å². The standard InChI is InChI=1S/C40H30N2O.C15H14O.C8H10/c1-24-16-19-30-32(20-24)40(3,4)33-22-35(28-10-5-6-11-29(28)38(30)33)42(27-18-17-26(23-41)25(2)21-27)34-13-9-15-37-39(34)31-12-7-8-14-36(31)43-37;1-10(2)11-7-5-9-14-15(11)12-6-3-4-8-13(12)16-14;1-7-3-5-8(2)6-4-7/h5-22H,1-4H3;3-10H,1-2H3;3-6H,1-2H3. The Morgan fingerprint density at radius 1 is 0.493 bits per heavy atom. The molecule has 1 aliphatic carbocycles. The second-order valence-electron chi connectivity index (χ2n) is 18.9. The number of nitriles is 1. The van der Waals surface area contributed by atoms with E-state index in [1.807, 2.05) is 49.4 Å². The molecule has 0 spiro atoms. The van der Waals surface area contributed by atoms with E-state index in [1.165, 1.54) is 66.1 Å². The van der Waals surface area contributed by atoms with Gasteiger partial charge in [-0.2, -0.15) is 5.26 Å².